The van der Waals surface area contributed by atoms with Gasteiger partial charge in [-0.2, -0.15) is 0 Å². The molecule has 2 atom stereocenters. The number of nitrogens with zero attached hydrogens (tertiary/aromatic N) is 1. The van der Waals surface area contributed by atoms with Crippen molar-refractivity contribution in [1.82, 2.24) is 0 Å². The molecule has 23 heavy (non-hydrogen) atoms. The maximum Gasteiger partial charge on any atom is 0.266 e. The summed E-state index contributed by atoms with van der Waals surface area (Å²) < 4.78 is 0.870. The average molecular weight is 389 g/mol. The van der Waals surface area contributed by atoms with Crippen molar-refractivity contribution in [1.29, 1.82) is 0 Å². The quantitative estimate of drug-likeness (QED) is 0.809. The lowest BCUT2D eigenvalue weighted by molar-refractivity contribution is -0.122. The van der Waals surface area contributed by atoms with Gasteiger partial charge in [-0.15, -0.1) is 11.8 Å². The number of hydrogen-bond acceptors (Lipinski definition) is 3. The van der Waals surface area contributed by atoms with Gasteiger partial charge in [-0.3, -0.25) is 14.5 Å². The highest BCUT2D eigenvalue weighted by atomic mass is 79.9. The second kappa shape index (κ2) is 5.11. The van der Waals surface area contributed by atoms with E-state index in [1.807, 2.05) is 55.5 Å². The molecule has 6 heteroatoms. The fourth-order valence-electron chi connectivity index (χ4n) is 3.18. The molecule has 2 aliphatic rings. The van der Waals surface area contributed by atoms with E-state index in [0.717, 1.165) is 15.7 Å². The van der Waals surface area contributed by atoms with Crippen LogP contribution in [0.1, 0.15) is 12.5 Å². The summed E-state index contributed by atoms with van der Waals surface area (Å²) in [6.45, 7) is 1.85. The number of fused-ring (bicyclic) bond motifs is 2. The van der Waals surface area contributed by atoms with E-state index in [1.165, 1.54) is 11.8 Å². The van der Waals surface area contributed by atoms with Crippen molar-refractivity contribution in [2.24, 2.45) is 0 Å². The van der Waals surface area contributed by atoms with Crippen LogP contribution in [-0.2, 0) is 14.5 Å². The summed E-state index contributed by atoms with van der Waals surface area (Å²) in [5.41, 5.74) is 2.33. The van der Waals surface area contributed by atoms with E-state index in [2.05, 4.69) is 21.2 Å². The molecule has 2 aromatic carbocycles. The number of amides is 2. The predicted molar refractivity (Wildman–Crippen MR) is 95.4 cm³/mol. The molecular formula is C17H13BrN2O2S. The molecule has 0 saturated carbocycles. The topological polar surface area (TPSA) is 49.4 Å². The molecule has 116 valence electrons. The summed E-state index contributed by atoms with van der Waals surface area (Å²) in [6, 6.07) is 15.1. The Hall–Kier alpha value is -1.79. The van der Waals surface area contributed by atoms with E-state index in [-0.39, 0.29) is 17.1 Å². The van der Waals surface area contributed by atoms with Crippen molar-refractivity contribution >= 4 is 50.9 Å². The van der Waals surface area contributed by atoms with Crippen molar-refractivity contribution in [3.8, 4) is 0 Å². The molecule has 1 fully saturated rings. The normalized spacial score (nSPS) is 25.8. The lowest BCUT2D eigenvalue weighted by Crippen LogP contribution is -2.47. The van der Waals surface area contributed by atoms with Gasteiger partial charge in [0.25, 0.3) is 5.91 Å². The first-order chi connectivity index (χ1) is 11.0. The third-order valence-electron chi connectivity index (χ3n) is 4.14. The largest absolute Gasteiger partial charge is 0.323 e. The number of thioether (sulfide) groups is 1. The molecule has 0 bridgehead atoms. The fourth-order valence-corrected chi connectivity index (χ4v) is 5.05. The SMILES string of the molecule is C[C@H]1S[C@]2(C(=O)Nc3ccccc32)N(c2cccc(Br)c2)C1=O. The maximum absolute atomic E-state index is 12.9. The second-order valence-electron chi connectivity index (χ2n) is 5.56. The fraction of sp³-hybridized carbons (Fsp3) is 0.176. The summed E-state index contributed by atoms with van der Waals surface area (Å²) in [4.78, 5) is 26.3. The zero-order chi connectivity index (χ0) is 16.2. The Morgan fingerprint density at radius 1 is 1.17 bits per heavy atom. The van der Waals surface area contributed by atoms with Crippen LogP contribution in [0.15, 0.2) is 53.0 Å². The molecule has 0 aromatic heterocycles. The molecule has 2 aliphatic heterocycles. The summed E-state index contributed by atoms with van der Waals surface area (Å²) in [6.07, 6.45) is 0. The Labute approximate surface area is 146 Å². The van der Waals surface area contributed by atoms with Gasteiger partial charge >= 0.3 is 0 Å². The number of rotatable bonds is 1. The van der Waals surface area contributed by atoms with Crippen LogP contribution < -0.4 is 10.2 Å². The van der Waals surface area contributed by atoms with E-state index >= 15 is 0 Å². The van der Waals surface area contributed by atoms with Crippen LogP contribution in [0.5, 0.6) is 0 Å². The summed E-state index contributed by atoms with van der Waals surface area (Å²) in [5, 5.41) is 2.63. The number of carbonyl (C=O) groups is 2. The average Bonchev–Trinajstić information content (AvgIpc) is 2.95. The molecule has 0 aliphatic carbocycles. The van der Waals surface area contributed by atoms with Crippen LogP contribution in [0.2, 0.25) is 0 Å². The molecule has 4 nitrogen and oxygen atoms in total. The van der Waals surface area contributed by atoms with E-state index < -0.39 is 4.87 Å². The molecular weight excluding hydrogens is 376 g/mol. The van der Waals surface area contributed by atoms with Gasteiger partial charge in [0.05, 0.1) is 5.25 Å². The lowest BCUT2D eigenvalue weighted by Gasteiger charge is -2.32. The number of carbonyl (C=O) groups excluding carboxylic acids is 2. The van der Waals surface area contributed by atoms with Crippen LogP contribution in [0.25, 0.3) is 0 Å². The Kier molecular flexibility index (Phi) is 3.28. The number of para-hydroxylation sites is 1. The van der Waals surface area contributed by atoms with Gasteiger partial charge in [0.1, 0.15) is 0 Å². The van der Waals surface area contributed by atoms with Crippen molar-refractivity contribution in [2.45, 2.75) is 17.0 Å². The number of benzene rings is 2. The first kappa shape index (κ1) is 14.8. The van der Waals surface area contributed by atoms with Gasteiger partial charge < -0.3 is 5.32 Å². The Morgan fingerprint density at radius 2 is 1.96 bits per heavy atom. The Balaban J connectivity index is 1.96. The molecule has 2 aromatic rings. The molecule has 1 saturated heterocycles. The smallest absolute Gasteiger partial charge is 0.266 e. The van der Waals surface area contributed by atoms with E-state index in [4.69, 9.17) is 0 Å². The maximum atomic E-state index is 12.9. The van der Waals surface area contributed by atoms with Gasteiger partial charge in [0.2, 0.25) is 10.8 Å². The zero-order valence-electron chi connectivity index (χ0n) is 12.2. The first-order valence-electron chi connectivity index (χ1n) is 7.22. The molecule has 0 radical (unpaired) electrons. The summed E-state index contributed by atoms with van der Waals surface area (Å²) in [7, 11) is 0. The van der Waals surface area contributed by atoms with Gasteiger partial charge in [-0.25, -0.2) is 0 Å². The van der Waals surface area contributed by atoms with E-state index in [0.29, 0.717) is 5.69 Å². The van der Waals surface area contributed by atoms with Crippen molar-refractivity contribution < 1.29 is 9.59 Å². The minimum Gasteiger partial charge on any atom is -0.323 e. The first-order valence-corrected chi connectivity index (χ1v) is 8.90. The van der Waals surface area contributed by atoms with Gasteiger partial charge in [-0.1, -0.05) is 40.2 Å². The summed E-state index contributed by atoms with van der Waals surface area (Å²) in [5.74, 6) is -0.221. The molecule has 2 heterocycles. The van der Waals surface area contributed by atoms with Gasteiger partial charge in [-0.05, 0) is 31.2 Å². The van der Waals surface area contributed by atoms with Crippen molar-refractivity contribution in [3.05, 3.63) is 58.6 Å². The van der Waals surface area contributed by atoms with Gasteiger partial charge in [0.15, 0.2) is 0 Å². The summed E-state index contributed by atoms with van der Waals surface area (Å²) >= 11 is 4.84. The lowest BCUT2D eigenvalue weighted by atomic mass is 10.0. The monoisotopic (exact) mass is 388 g/mol. The Morgan fingerprint density at radius 3 is 2.74 bits per heavy atom. The predicted octanol–water partition coefficient (Wildman–Crippen LogP) is 3.72. The van der Waals surface area contributed by atoms with Crippen LogP contribution in [0.4, 0.5) is 11.4 Å². The molecule has 1 spiro atoms. The van der Waals surface area contributed by atoms with Crippen LogP contribution in [0.3, 0.4) is 0 Å². The molecule has 1 N–H and O–H groups in total. The van der Waals surface area contributed by atoms with Crippen LogP contribution in [-0.4, -0.2) is 17.1 Å². The van der Waals surface area contributed by atoms with Crippen LogP contribution in [0, 0.1) is 0 Å². The second-order valence-corrected chi connectivity index (χ2v) is 8.01. The standard InChI is InChI=1S/C17H13BrN2O2S/c1-10-15(21)20(12-6-4-5-11(18)9-12)17(23-10)13-7-2-3-8-14(13)19-16(17)22/h2-10H,1H3,(H,19,22)/t10-,17-/m1/s1. The number of hydrogen-bond donors (Lipinski definition) is 1. The highest BCUT2D eigenvalue weighted by molar-refractivity contribution is 9.10. The number of halogens is 1. The Bertz CT molecular complexity index is 841. The highest BCUT2D eigenvalue weighted by Gasteiger charge is 2.60. The molecule has 4 rings (SSSR count). The minimum absolute atomic E-state index is 0.0556. The van der Waals surface area contributed by atoms with Gasteiger partial charge in [0, 0.05) is 21.4 Å². The molecule has 2 amide bonds. The third-order valence-corrected chi connectivity index (χ3v) is 6.12. The van der Waals surface area contributed by atoms with Crippen molar-refractivity contribution in [3.63, 3.8) is 0 Å². The van der Waals surface area contributed by atoms with E-state index in [1.54, 1.807) is 4.90 Å². The van der Waals surface area contributed by atoms with Crippen molar-refractivity contribution in [2.75, 3.05) is 10.2 Å². The third kappa shape index (κ3) is 1.98. The number of nitrogens with one attached hydrogen (secondary N) is 1. The van der Waals surface area contributed by atoms with Crippen LogP contribution >= 0.6 is 27.7 Å². The molecule has 0 unspecified atom stereocenters. The number of anilines is 2. The van der Waals surface area contributed by atoms with E-state index in [9.17, 15) is 9.59 Å². The zero-order valence-corrected chi connectivity index (χ0v) is 14.6. The highest BCUT2D eigenvalue weighted by Crippen LogP contribution is 2.56. The minimum atomic E-state index is -1.03.